The minimum atomic E-state index is 0.0102. The Labute approximate surface area is 203 Å². The molecule has 2 fully saturated rings. The summed E-state index contributed by atoms with van der Waals surface area (Å²) >= 11 is 0. The van der Waals surface area contributed by atoms with E-state index in [2.05, 4.69) is 39.4 Å². The molecule has 4 rings (SSSR count). The summed E-state index contributed by atoms with van der Waals surface area (Å²) in [7, 11) is 0. The minimum Gasteiger partial charge on any atom is -0.369 e. The van der Waals surface area contributed by atoms with Gasteiger partial charge in [-0.2, -0.15) is 0 Å². The van der Waals surface area contributed by atoms with Gasteiger partial charge in [0.05, 0.1) is 0 Å². The van der Waals surface area contributed by atoms with Gasteiger partial charge >= 0.3 is 0 Å². The molecule has 7 heteroatoms. The van der Waals surface area contributed by atoms with Crippen LogP contribution < -0.4 is 10.2 Å². The molecule has 7 nitrogen and oxygen atoms in total. The number of benzene rings is 2. The maximum Gasteiger partial charge on any atom is 0.253 e. The Bertz CT molecular complexity index is 920. The third-order valence-electron chi connectivity index (χ3n) is 6.83. The van der Waals surface area contributed by atoms with Gasteiger partial charge in [-0.15, -0.1) is 0 Å². The van der Waals surface area contributed by atoms with Crippen LogP contribution in [0, 0.1) is 6.92 Å². The lowest BCUT2D eigenvalue weighted by Crippen LogP contribution is -2.50. The average molecular weight is 464 g/mol. The highest BCUT2D eigenvalue weighted by Gasteiger charge is 2.23. The van der Waals surface area contributed by atoms with Crippen molar-refractivity contribution < 1.29 is 9.59 Å². The van der Waals surface area contributed by atoms with E-state index in [9.17, 15) is 9.59 Å². The fourth-order valence-corrected chi connectivity index (χ4v) is 4.63. The molecule has 2 aromatic rings. The highest BCUT2D eigenvalue weighted by molar-refractivity contribution is 5.94. The highest BCUT2D eigenvalue weighted by atomic mass is 16.2. The van der Waals surface area contributed by atoms with Crippen LogP contribution in [0.1, 0.15) is 22.3 Å². The van der Waals surface area contributed by atoms with Gasteiger partial charge in [0, 0.05) is 89.7 Å². The summed E-state index contributed by atoms with van der Waals surface area (Å²) in [6.07, 6.45) is 0.374. The molecule has 2 heterocycles. The zero-order chi connectivity index (χ0) is 23.8. The number of nitrogens with zero attached hydrogens (tertiary/aromatic N) is 4. The van der Waals surface area contributed by atoms with Crippen molar-refractivity contribution in [1.29, 1.82) is 0 Å². The highest BCUT2D eigenvalue weighted by Crippen LogP contribution is 2.16. The molecule has 2 amide bonds. The van der Waals surface area contributed by atoms with Crippen molar-refractivity contribution in [1.82, 2.24) is 20.0 Å². The van der Waals surface area contributed by atoms with Gasteiger partial charge in [-0.05, 0) is 31.2 Å². The fourth-order valence-electron chi connectivity index (χ4n) is 4.63. The maximum absolute atomic E-state index is 13.3. The molecular weight excluding hydrogens is 426 g/mol. The van der Waals surface area contributed by atoms with E-state index >= 15 is 0 Å². The average Bonchev–Trinajstić information content (AvgIpc) is 2.90. The summed E-state index contributed by atoms with van der Waals surface area (Å²) in [6.45, 7) is 11.0. The largest absolute Gasteiger partial charge is 0.369 e. The van der Waals surface area contributed by atoms with Crippen molar-refractivity contribution in [3.8, 4) is 0 Å². The lowest BCUT2D eigenvalue weighted by Gasteiger charge is -2.37. The van der Waals surface area contributed by atoms with Gasteiger partial charge in [0.15, 0.2) is 0 Å². The Balaban J connectivity index is 1.33. The number of hydrogen-bond acceptors (Lipinski definition) is 5. The first kappa shape index (κ1) is 24.2. The summed E-state index contributed by atoms with van der Waals surface area (Å²) in [4.78, 5) is 34.7. The molecule has 0 bridgehead atoms. The number of carbonyl (C=O) groups is 2. The van der Waals surface area contributed by atoms with Crippen LogP contribution in [0.15, 0.2) is 54.6 Å². The number of nitrogens with one attached hydrogen (secondary N) is 1. The maximum atomic E-state index is 13.3. The molecule has 0 atom stereocenters. The Morgan fingerprint density at radius 3 is 2.21 bits per heavy atom. The molecule has 2 aliphatic heterocycles. The molecule has 2 aliphatic rings. The fraction of sp³-hybridized carbons (Fsp3) is 0.481. The first-order valence-electron chi connectivity index (χ1n) is 12.5. The Morgan fingerprint density at radius 1 is 0.853 bits per heavy atom. The predicted octanol–water partition coefficient (Wildman–Crippen LogP) is 2.08. The number of amides is 2. The first-order chi connectivity index (χ1) is 16.6. The molecule has 0 saturated carbocycles. The predicted molar refractivity (Wildman–Crippen MR) is 136 cm³/mol. The Kier molecular flexibility index (Phi) is 8.55. The van der Waals surface area contributed by atoms with Crippen molar-refractivity contribution in [3.05, 3.63) is 65.7 Å². The van der Waals surface area contributed by atoms with Crippen LogP contribution >= 0.6 is 0 Å². The van der Waals surface area contributed by atoms with E-state index in [-0.39, 0.29) is 11.8 Å². The zero-order valence-corrected chi connectivity index (χ0v) is 20.3. The Morgan fingerprint density at radius 2 is 1.53 bits per heavy atom. The van der Waals surface area contributed by atoms with Crippen LogP contribution in [0.2, 0.25) is 0 Å². The van der Waals surface area contributed by atoms with E-state index in [1.165, 1.54) is 5.69 Å². The van der Waals surface area contributed by atoms with Gasteiger partial charge in [0.25, 0.3) is 5.91 Å². The zero-order valence-electron chi connectivity index (χ0n) is 20.3. The summed E-state index contributed by atoms with van der Waals surface area (Å²) in [5, 5.41) is 3.28. The molecule has 0 aromatic heterocycles. The molecular formula is C27H37N5O2. The van der Waals surface area contributed by atoms with E-state index in [0.717, 1.165) is 64.5 Å². The molecule has 0 radical (unpaired) electrons. The number of para-hydroxylation sites is 1. The molecule has 2 aromatic carbocycles. The van der Waals surface area contributed by atoms with Gasteiger partial charge < -0.3 is 20.0 Å². The summed E-state index contributed by atoms with van der Waals surface area (Å²) in [6, 6.07) is 18.3. The number of aryl methyl sites for hydroxylation is 1. The van der Waals surface area contributed by atoms with E-state index < -0.39 is 0 Å². The standard InChI is InChI=1S/C27H37N5O2/c1-23-7-9-24(10-8-23)27(34)32(14-11-26(33)31-15-12-28-13-16-31)22-19-29-17-20-30(21-18-29)25-5-3-2-4-6-25/h2-10,28H,11-22H2,1H3. The first-order valence-corrected chi connectivity index (χ1v) is 12.5. The number of piperazine rings is 2. The van der Waals surface area contributed by atoms with Crippen molar-refractivity contribution in [2.75, 3.05) is 76.9 Å². The van der Waals surface area contributed by atoms with Crippen LogP contribution in [0.4, 0.5) is 5.69 Å². The smallest absolute Gasteiger partial charge is 0.253 e. The summed E-state index contributed by atoms with van der Waals surface area (Å²) in [5.74, 6) is 0.149. The van der Waals surface area contributed by atoms with E-state index in [1.54, 1.807) is 0 Å². The second-order valence-electron chi connectivity index (χ2n) is 9.20. The normalized spacial score (nSPS) is 17.0. The monoisotopic (exact) mass is 463 g/mol. The van der Waals surface area contributed by atoms with Gasteiger partial charge in [0.2, 0.25) is 5.91 Å². The summed E-state index contributed by atoms with van der Waals surface area (Å²) in [5.41, 5.74) is 3.09. The summed E-state index contributed by atoms with van der Waals surface area (Å²) < 4.78 is 0. The van der Waals surface area contributed by atoms with Gasteiger partial charge in [-0.1, -0.05) is 35.9 Å². The second-order valence-corrected chi connectivity index (χ2v) is 9.20. The molecule has 1 N–H and O–H groups in total. The van der Waals surface area contributed by atoms with Crippen molar-refractivity contribution in [2.24, 2.45) is 0 Å². The van der Waals surface area contributed by atoms with Crippen molar-refractivity contribution in [3.63, 3.8) is 0 Å². The van der Waals surface area contributed by atoms with Crippen LogP contribution in [0.3, 0.4) is 0 Å². The molecule has 0 spiro atoms. The molecule has 34 heavy (non-hydrogen) atoms. The number of anilines is 1. The van der Waals surface area contributed by atoms with Crippen molar-refractivity contribution in [2.45, 2.75) is 13.3 Å². The van der Waals surface area contributed by atoms with Crippen LogP contribution in [-0.4, -0.2) is 98.5 Å². The van der Waals surface area contributed by atoms with E-state index in [1.807, 2.05) is 47.1 Å². The van der Waals surface area contributed by atoms with Crippen LogP contribution in [-0.2, 0) is 4.79 Å². The minimum absolute atomic E-state index is 0.0102. The van der Waals surface area contributed by atoms with Gasteiger partial charge in [-0.25, -0.2) is 0 Å². The molecule has 0 aliphatic carbocycles. The van der Waals surface area contributed by atoms with E-state index in [4.69, 9.17) is 0 Å². The van der Waals surface area contributed by atoms with Crippen LogP contribution in [0.5, 0.6) is 0 Å². The number of hydrogen-bond donors (Lipinski definition) is 1. The van der Waals surface area contributed by atoms with Crippen molar-refractivity contribution >= 4 is 17.5 Å². The third kappa shape index (κ3) is 6.58. The topological polar surface area (TPSA) is 59.1 Å². The second kappa shape index (κ2) is 12.0. The molecule has 182 valence electrons. The number of rotatable bonds is 8. The van der Waals surface area contributed by atoms with E-state index in [0.29, 0.717) is 25.1 Å². The third-order valence-corrected chi connectivity index (χ3v) is 6.83. The lowest BCUT2D eigenvalue weighted by atomic mass is 10.1. The Hall–Kier alpha value is -2.90. The SMILES string of the molecule is Cc1ccc(C(=O)N(CCC(=O)N2CCNCC2)CCN2CCN(c3ccccc3)CC2)cc1. The molecule has 0 unspecified atom stereocenters. The van der Waals surface area contributed by atoms with Crippen LogP contribution in [0.25, 0.3) is 0 Å². The van der Waals surface area contributed by atoms with Gasteiger partial charge in [-0.3, -0.25) is 14.5 Å². The lowest BCUT2D eigenvalue weighted by molar-refractivity contribution is -0.131. The molecule has 2 saturated heterocycles. The number of carbonyl (C=O) groups excluding carboxylic acids is 2. The quantitative estimate of drug-likeness (QED) is 0.650. The van der Waals surface area contributed by atoms with Gasteiger partial charge in [0.1, 0.15) is 0 Å².